The van der Waals surface area contributed by atoms with Crippen LogP contribution in [0.15, 0.2) is 60.8 Å². The van der Waals surface area contributed by atoms with Crippen LogP contribution in [0.25, 0.3) is 22.0 Å². The number of cyclic esters (lactones) is 2. The van der Waals surface area contributed by atoms with Gasteiger partial charge in [-0.2, -0.15) is 0 Å². The number of rotatable bonds is 2. The van der Waals surface area contributed by atoms with E-state index >= 15 is 0 Å². The molecule has 0 spiro atoms. The minimum absolute atomic E-state index is 0.314. The number of aromatic nitrogens is 1. The summed E-state index contributed by atoms with van der Waals surface area (Å²) >= 11 is 0. The fraction of sp³-hybridized carbons (Fsp3) is 0. The van der Waals surface area contributed by atoms with Crippen molar-refractivity contribution in [1.29, 1.82) is 0 Å². The minimum Gasteiger partial charge on any atom is -0.386 e. The number of para-hydroxylation sites is 1. The third-order valence-corrected chi connectivity index (χ3v) is 3.76. The lowest BCUT2D eigenvalue weighted by atomic mass is 9.96. The molecule has 1 aliphatic heterocycles. The van der Waals surface area contributed by atoms with Crippen LogP contribution in [-0.4, -0.2) is 16.9 Å². The van der Waals surface area contributed by atoms with Gasteiger partial charge in [-0.3, -0.25) is 0 Å². The van der Waals surface area contributed by atoms with Crippen molar-refractivity contribution in [3.8, 4) is 0 Å². The Balaban J connectivity index is 2.03. The van der Waals surface area contributed by atoms with E-state index in [4.69, 9.17) is 4.74 Å². The average Bonchev–Trinajstić information content (AvgIpc) is 3.08. The number of hydrogen-bond donors (Lipinski definition) is 1. The maximum absolute atomic E-state index is 12.2. The molecule has 22 heavy (non-hydrogen) atoms. The maximum Gasteiger partial charge on any atom is 0.347 e. The zero-order valence-electron chi connectivity index (χ0n) is 11.5. The maximum atomic E-state index is 12.2. The molecule has 106 valence electrons. The summed E-state index contributed by atoms with van der Waals surface area (Å²) in [5.74, 6) is -1.20. The van der Waals surface area contributed by atoms with Gasteiger partial charge in [0.25, 0.3) is 0 Å². The molecule has 1 N–H and O–H groups in total. The van der Waals surface area contributed by atoms with Crippen LogP contribution >= 0.6 is 0 Å². The summed E-state index contributed by atoms with van der Waals surface area (Å²) < 4.78 is 4.85. The number of hydrogen-bond acceptors (Lipinski definition) is 3. The molecule has 0 saturated heterocycles. The van der Waals surface area contributed by atoms with E-state index in [9.17, 15) is 9.59 Å². The Bertz CT molecular complexity index is 935. The number of carbonyl (C=O) groups excluding carboxylic acids is 2. The lowest BCUT2D eigenvalue weighted by Crippen LogP contribution is -2.01. The molecule has 1 aromatic heterocycles. The van der Waals surface area contributed by atoms with Gasteiger partial charge in [0, 0.05) is 22.7 Å². The van der Waals surface area contributed by atoms with E-state index in [0.717, 1.165) is 10.9 Å². The third-order valence-electron chi connectivity index (χ3n) is 3.76. The van der Waals surface area contributed by atoms with Crippen LogP contribution in [0.1, 0.15) is 11.1 Å². The van der Waals surface area contributed by atoms with Crippen LogP contribution in [0.4, 0.5) is 0 Å². The lowest BCUT2D eigenvalue weighted by molar-refractivity contribution is -0.149. The summed E-state index contributed by atoms with van der Waals surface area (Å²) in [4.78, 5) is 27.4. The Hall–Kier alpha value is -3.14. The molecule has 2 aromatic carbocycles. The van der Waals surface area contributed by atoms with Gasteiger partial charge in [0.2, 0.25) is 0 Å². The molecule has 0 fully saturated rings. The summed E-state index contributed by atoms with van der Waals surface area (Å²) in [6, 6.07) is 16.7. The Kier molecular flexibility index (Phi) is 2.69. The van der Waals surface area contributed by atoms with Crippen molar-refractivity contribution >= 4 is 34.0 Å². The van der Waals surface area contributed by atoms with Crippen LogP contribution < -0.4 is 0 Å². The summed E-state index contributed by atoms with van der Waals surface area (Å²) in [7, 11) is 0. The predicted octanol–water partition coefficient (Wildman–Crippen LogP) is 3.16. The van der Waals surface area contributed by atoms with E-state index in [0.29, 0.717) is 22.3 Å². The van der Waals surface area contributed by atoms with Crippen LogP contribution in [0, 0.1) is 0 Å². The minimum atomic E-state index is -0.603. The van der Waals surface area contributed by atoms with Gasteiger partial charge in [0.1, 0.15) is 0 Å². The molecule has 2 heterocycles. The topological polar surface area (TPSA) is 59.2 Å². The highest BCUT2D eigenvalue weighted by Gasteiger charge is 2.35. The zero-order chi connectivity index (χ0) is 15.1. The first-order chi connectivity index (χ1) is 10.8. The highest BCUT2D eigenvalue weighted by molar-refractivity contribution is 6.45. The molecule has 0 amide bonds. The second-order valence-corrected chi connectivity index (χ2v) is 5.04. The van der Waals surface area contributed by atoms with Gasteiger partial charge in [-0.05, 0) is 11.6 Å². The summed E-state index contributed by atoms with van der Waals surface area (Å²) in [5, 5.41) is 0.887. The van der Waals surface area contributed by atoms with Crippen LogP contribution in [0.5, 0.6) is 0 Å². The summed E-state index contributed by atoms with van der Waals surface area (Å²) in [6.45, 7) is 0. The lowest BCUT2D eigenvalue weighted by Gasteiger charge is -2.02. The Labute approximate surface area is 126 Å². The first kappa shape index (κ1) is 12.6. The number of ether oxygens (including phenoxy) is 1. The van der Waals surface area contributed by atoms with Gasteiger partial charge < -0.3 is 9.72 Å². The van der Waals surface area contributed by atoms with E-state index in [2.05, 4.69) is 4.98 Å². The van der Waals surface area contributed by atoms with Crippen molar-refractivity contribution < 1.29 is 14.3 Å². The first-order valence-electron chi connectivity index (χ1n) is 6.88. The fourth-order valence-electron chi connectivity index (χ4n) is 2.78. The molecule has 0 unspecified atom stereocenters. The highest BCUT2D eigenvalue weighted by atomic mass is 16.6. The van der Waals surface area contributed by atoms with Gasteiger partial charge in [-0.15, -0.1) is 0 Å². The van der Waals surface area contributed by atoms with Crippen molar-refractivity contribution in [2.45, 2.75) is 0 Å². The van der Waals surface area contributed by atoms with E-state index in [1.807, 2.05) is 42.5 Å². The smallest absolute Gasteiger partial charge is 0.347 e. The van der Waals surface area contributed by atoms with Crippen molar-refractivity contribution in [2.75, 3.05) is 0 Å². The van der Waals surface area contributed by atoms with Gasteiger partial charge in [-0.1, -0.05) is 48.5 Å². The second-order valence-electron chi connectivity index (χ2n) is 5.04. The summed E-state index contributed by atoms with van der Waals surface area (Å²) in [5.41, 5.74) is 2.90. The molecule has 1 aliphatic rings. The molecule has 4 rings (SSSR count). The van der Waals surface area contributed by atoms with Gasteiger partial charge in [0.15, 0.2) is 0 Å². The molecule has 0 radical (unpaired) electrons. The molecular weight excluding hydrogens is 278 g/mol. The normalized spacial score (nSPS) is 14.7. The van der Waals surface area contributed by atoms with Crippen LogP contribution in [0.3, 0.4) is 0 Å². The predicted molar refractivity (Wildman–Crippen MR) is 82.7 cm³/mol. The third kappa shape index (κ3) is 1.78. The number of carbonyl (C=O) groups is 2. The van der Waals surface area contributed by atoms with Gasteiger partial charge in [0.05, 0.1) is 11.1 Å². The summed E-state index contributed by atoms with van der Waals surface area (Å²) in [6.07, 6.45) is 1.74. The van der Waals surface area contributed by atoms with E-state index in [1.54, 1.807) is 18.3 Å². The molecule has 0 bridgehead atoms. The van der Waals surface area contributed by atoms with Gasteiger partial charge >= 0.3 is 11.9 Å². The molecule has 4 heteroatoms. The molecule has 3 aromatic rings. The standard InChI is InChI=1S/C18H11NO3/c20-17-15(11-6-2-1-3-7-11)16(18(21)22-17)13-10-19-14-9-5-4-8-12(13)14/h1-10,19H. The van der Waals surface area contributed by atoms with Crippen molar-refractivity contribution in [3.63, 3.8) is 0 Å². The van der Waals surface area contributed by atoms with Crippen LogP contribution in [-0.2, 0) is 14.3 Å². The van der Waals surface area contributed by atoms with Crippen LogP contribution in [0.2, 0.25) is 0 Å². The molecule has 0 saturated carbocycles. The zero-order valence-corrected chi connectivity index (χ0v) is 11.5. The number of nitrogens with one attached hydrogen (secondary N) is 1. The number of H-pyrrole nitrogens is 1. The Morgan fingerprint density at radius 2 is 1.45 bits per heavy atom. The Morgan fingerprint density at radius 3 is 2.27 bits per heavy atom. The van der Waals surface area contributed by atoms with Crippen molar-refractivity contribution in [3.05, 3.63) is 71.9 Å². The van der Waals surface area contributed by atoms with Crippen molar-refractivity contribution in [1.82, 2.24) is 4.98 Å². The highest BCUT2D eigenvalue weighted by Crippen LogP contribution is 2.36. The number of fused-ring (bicyclic) bond motifs is 1. The van der Waals surface area contributed by atoms with Crippen molar-refractivity contribution in [2.24, 2.45) is 0 Å². The second kappa shape index (κ2) is 4.70. The monoisotopic (exact) mass is 289 g/mol. The average molecular weight is 289 g/mol. The quantitative estimate of drug-likeness (QED) is 0.582. The van der Waals surface area contributed by atoms with Gasteiger partial charge in [-0.25, -0.2) is 9.59 Å². The Morgan fingerprint density at radius 1 is 0.773 bits per heavy atom. The molecular formula is C18H11NO3. The number of aromatic amines is 1. The first-order valence-corrected chi connectivity index (χ1v) is 6.88. The van der Waals surface area contributed by atoms with E-state index < -0.39 is 11.9 Å². The SMILES string of the molecule is O=C1OC(=O)C(c2c[nH]c3ccccc23)=C1c1ccccc1. The molecule has 0 aliphatic carbocycles. The molecule has 0 atom stereocenters. The van der Waals surface area contributed by atoms with E-state index in [-0.39, 0.29) is 0 Å². The molecule has 4 nitrogen and oxygen atoms in total. The van der Waals surface area contributed by atoms with E-state index in [1.165, 1.54) is 0 Å². The number of esters is 2. The largest absolute Gasteiger partial charge is 0.386 e. The fourth-order valence-corrected chi connectivity index (χ4v) is 2.78. The number of benzene rings is 2.